The number of rotatable bonds is 11. The predicted molar refractivity (Wildman–Crippen MR) is 79.6 cm³/mol. The normalized spacial score (nSPS) is 11.1. The van der Waals surface area contributed by atoms with Gasteiger partial charge in [0.15, 0.2) is 5.15 Å². The van der Waals surface area contributed by atoms with Crippen molar-refractivity contribution in [1.82, 2.24) is 15.3 Å². The van der Waals surface area contributed by atoms with Crippen LogP contribution in [0.25, 0.3) is 0 Å². The molecule has 0 spiro atoms. The third-order valence-electron chi connectivity index (χ3n) is 2.91. The van der Waals surface area contributed by atoms with Gasteiger partial charge in [-0.1, -0.05) is 38.3 Å². The average molecular weight is 288 g/mol. The standard InChI is InChI=1S/C14H26ClN3O/c1-3-5-7-13-17-12(14(15)18-13)11-16-8-10-19-9-6-4-2/h16H,3-11H2,1-2H3,(H,17,18). The molecule has 0 atom stereocenters. The SMILES string of the molecule is CCCCOCCNCc1[nH]c(CCCC)nc1Cl. The number of H-pyrrole nitrogens is 1. The minimum Gasteiger partial charge on any atom is -0.380 e. The van der Waals surface area contributed by atoms with Crippen LogP contribution in [-0.4, -0.2) is 29.7 Å². The predicted octanol–water partition coefficient (Wildman–Crippen LogP) is 3.31. The number of aromatic nitrogens is 2. The van der Waals surface area contributed by atoms with Gasteiger partial charge in [-0.3, -0.25) is 0 Å². The van der Waals surface area contributed by atoms with Crippen molar-refractivity contribution in [2.24, 2.45) is 0 Å². The number of ether oxygens (including phenoxy) is 1. The van der Waals surface area contributed by atoms with Gasteiger partial charge in [0.1, 0.15) is 5.82 Å². The van der Waals surface area contributed by atoms with E-state index >= 15 is 0 Å². The topological polar surface area (TPSA) is 49.9 Å². The molecule has 19 heavy (non-hydrogen) atoms. The fourth-order valence-corrected chi connectivity index (χ4v) is 1.94. The van der Waals surface area contributed by atoms with Gasteiger partial charge in [-0.2, -0.15) is 0 Å². The van der Waals surface area contributed by atoms with Gasteiger partial charge in [-0.05, 0) is 12.8 Å². The summed E-state index contributed by atoms with van der Waals surface area (Å²) >= 11 is 6.09. The first-order valence-electron chi connectivity index (χ1n) is 7.29. The zero-order valence-corrected chi connectivity index (χ0v) is 12.9. The highest BCUT2D eigenvalue weighted by atomic mass is 35.5. The zero-order chi connectivity index (χ0) is 13.9. The Bertz CT molecular complexity index is 341. The summed E-state index contributed by atoms with van der Waals surface area (Å²) in [6.45, 7) is 7.49. The van der Waals surface area contributed by atoms with E-state index in [9.17, 15) is 0 Å². The second kappa shape index (κ2) is 10.2. The lowest BCUT2D eigenvalue weighted by Crippen LogP contribution is -2.19. The Labute approximate surface area is 121 Å². The average Bonchev–Trinajstić information content (AvgIpc) is 2.76. The third kappa shape index (κ3) is 6.95. The van der Waals surface area contributed by atoms with Crippen molar-refractivity contribution >= 4 is 11.6 Å². The van der Waals surface area contributed by atoms with Crippen LogP contribution in [0.1, 0.15) is 51.0 Å². The second-order valence-corrected chi connectivity index (χ2v) is 5.06. The largest absolute Gasteiger partial charge is 0.380 e. The molecule has 0 aliphatic heterocycles. The van der Waals surface area contributed by atoms with Crippen LogP contribution in [0.2, 0.25) is 5.15 Å². The summed E-state index contributed by atoms with van der Waals surface area (Å²) in [5, 5.41) is 3.90. The molecule has 0 aliphatic carbocycles. The summed E-state index contributed by atoms with van der Waals surface area (Å²) in [6, 6.07) is 0. The number of hydrogen-bond donors (Lipinski definition) is 2. The molecule has 0 unspecified atom stereocenters. The van der Waals surface area contributed by atoms with E-state index in [2.05, 4.69) is 29.1 Å². The molecular weight excluding hydrogens is 262 g/mol. The molecule has 1 rings (SSSR count). The van der Waals surface area contributed by atoms with E-state index < -0.39 is 0 Å². The molecule has 0 amide bonds. The van der Waals surface area contributed by atoms with Gasteiger partial charge in [-0.25, -0.2) is 4.98 Å². The van der Waals surface area contributed by atoms with Crippen LogP contribution >= 0.6 is 11.6 Å². The molecule has 2 N–H and O–H groups in total. The maximum Gasteiger partial charge on any atom is 0.151 e. The van der Waals surface area contributed by atoms with Crippen molar-refractivity contribution in [1.29, 1.82) is 0 Å². The molecule has 0 radical (unpaired) electrons. The molecule has 110 valence electrons. The number of halogens is 1. The molecule has 0 saturated carbocycles. The summed E-state index contributed by atoms with van der Waals surface area (Å²) in [6.07, 6.45) is 5.59. The lowest BCUT2D eigenvalue weighted by atomic mass is 10.2. The molecule has 0 bridgehead atoms. The molecular formula is C14H26ClN3O. The van der Waals surface area contributed by atoms with Crippen molar-refractivity contribution in [3.63, 3.8) is 0 Å². The molecule has 5 heteroatoms. The third-order valence-corrected chi connectivity index (χ3v) is 3.22. The van der Waals surface area contributed by atoms with Gasteiger partial charge < -0.3 is 15.0 Å². The number of nitrogens with one attached hydrogen (secondary N) is 2. The quantitative estimate of drug-likeness (QED) is 0.614. The van der Waals surface area contributed by atoms with E-state index in [1.54, 1.807) is 0 Å². The lowest BCUT2D eigenvalue weighted by molar-refractivity contribution is 0.133. The zero-order valence-electron chi connectivity index (χ0n) is 12.1. The van der Waals surface area contributed by atoms with E-state index in [4.69, 9.17) is 16.3 Å². The Morgan fingerprint density at radius 3 is 2.74 bits per heavy atom. The van der Waals surface area contributed by atoms with Crippen molar-refractivity contribution in [3.8, 4) is 0 Å². The Balaban J connectivity index is 2.16. The van der Waals surface area contributed by atoms with Gasteiger partial charge in [0, 0.05) is 26.1 Å². The van der Waals surface area contributed by atoms with E-state index in [1.165, 1.54) is 12.8 Å². The van der Waals surface area contributed by atoms with Gasteiger partial charge in [0.05, 0.1) is 12.3 Å². The maximum absolute atomic E-state index is 6.09. The van der Waals surface area contributed by atoms with Crippen LogP contribution in [0.15, 0.2) is 0 Å². The molecule has 0 saturated heterocycles. The number of imidazole rings is 1. The van der Waals surface area contributed by atoms with Crippen molar-refractivity contribution in [2.75, 3.05) is 19.8 Å². The number of nitrogens with zero attached hydrogens (tertiary/aromatic N) is 1. The highest BCUT2D eigenvalue weighted by Crippen LogP contribution is 2.13. The smallest absolute Gasteiger partial charge is 0.151 e. The Morgan fingerprint density at radius 2 is 2.00 bits per heavy atom. The van der Waals surface area contributed by atoms with Gasteiger partial charge in [0.2, 0.25) is 0 Å². The van der Waals surface area contributed by atoms with Crippen LogP contribution in [0, 0.1) is 0 Å². The Morgan fingerprint density at radius 1 is 1.21 bits per heavy atom. The molecule has 0 aliphatic rings. The number of aryl methyl sites for hydroxylation is 1. The van der Waals surface area contributed by atoms with E-state index in [0.29, 0.717) is 5.15 Å². The lowest BCUT2D eigenvalue weighted by Gasteiger charge is -2.04. The summed E-state index contributed by atoms with van der Waals surface area (Å²) in [5.74, 6) is 0.989. The highest BCUT2D eigenvalue weighted by Gasteiger charge is 2.07. The van der Waals surface area contributed by atoms with Gasteiger partial charge >= 0.3 is 0 Å². The summed E-state index contributed by atoms with van der Waals surface area (Å²) in [5.41, 5.74) is 0.973. The van der Waals surface area contributed by atoms with Crippen molar-refractivity contribution in [2.45, 2.75) is 52.5 Å². The highest BCUT2D eigenvalue weighted by molar-refractivity contribution is 6.30. The van der Waals surface area contributed by atoms with E-state index in [0.717, 1.165) is 57.1 Å². The van der Waals surface area contributed by atoms with Crippen LogP contribution in [-0.2, 0) is 17.7 Å². The monoisotopic (exact) mass is 287 g/mol. The number of unbranched alkanes of at least 4 members (excludes halogenated alkanes) is 2. The minimum absolute atomic E-state index is 0.588. The van der Waals surface area contributed by atoms with E-state index in [-0.39, 0.29) is 0 Å². The summed E-state index contributed by atoms with van der Waals surface area (Å²) in [7, 11) is 0. The maximum atomic E-state index is 6.09. The molecule has 4 nitrogen and oxygen atoms in total. The van der Waals surface area contributed by atoms with Gasteiger partial charge in [-0.15, -0.1) is 0 Å². The fraction of sp³-hybridized carbons (Fsp3) is 0.786. The minimum atomic E-state index is 0.588. The molecule has 1 aromatic heterocycles. The van der Waals surface area contributed by atoms with Crippen LogP contribution in [0.5, 0.6) is 0 Å². The number of hydrogen-bond acceptors (Lipinski definition) is 3. The van der Waals surface area contributed by atoms with Crippen LogP contribution in [0.4, 0.5) is 0 Å². The van der Waals surface area contributed by atoms with Crippen molar-refractivity contribution < 1.29 is 4.74 Å². The fourth-order valence-electron chi connectivity index (χ4n) is 1.73. The molecule has 1 heterocycles. The first-order valence-corrected chi connectivity index (χ1v) is 7.67. The Kier molecular flexibility index (Phi) is 8.88. The van der Waals surface area contributed by atoms with E-state index in [1.807, 2.05) is 0 Å². The summed E-state index contributed by atoms with van der Waals surface area (Å²) < 4.78 is 5.48. The van der Waals surface area contributed by atoms with Crippen LogP contribution < -0.4 is 5.32 Å². The summed E-state index contributed by atoms with van der Waals surface area (Å²) in [4.78, 5) is 7.61. The van der Waals surface area contributed by atoms with Gasteiger partial charge in [0.25, 0.3) is 0 Å². The van der Waals surface area contributed by atoms with Crippen molar-refractivity contribution in [3.05, 3.63) is 16.7 Å². The molecule has 1 aromatic rings. The first kappa shape index (κ1) is 16.5. The first-order chi connectivity index (χ1) is 9.27. The molecule has 0 fully saturated rings. The Hall–Kier alpha value is -0.580. The van der Waals surface area contributed by atoms with Crippen LogP contribution in [0.3, 0.4) is 0 Å². The second-order valence-electron chi connectivity index (χ2n) is 4.70. The molecule has 0 aromatic carbocycles. The number of aromatic amines is 1.